The number of pyridine rings is 1. The predicted octanol–water partition coefficient (Wildman–Crippen LogP) is 4.29. The van der Waals surface area contributed by atoms with Crippen molar-refractivity contribution in [2.75, 3.05) is 0 Å². The Morgan fingerprint density at radius 2 is 1.87 bits per heavy atom. The SMILES string of the molecule is Cc1ccn2c(C(=O)N/N=C/c3ccc(OCc4ccccc4)cc3)c(C)nc2c1. The summed E-state index contributed by atoms with van der Waals surface area (Å²) in [5.74, 6) is 0.472. The smallest absolute Gasteiger partial charge is 0.290 e. The van der Waals surface area contributed by atoms with E-state index in [1.165, 1.54) is 0 Å². The molecule has 0 aliphatic rings. The van der Waals surface area contributed by atoms with Crippen LogP contribution in [0.15, 0.2) is 78.0 Å². The Kier molecular flexibility index (Phi) is 5.57. The van der Waals surface area contributed by atoms with Crippen molar-refractivity contribution in [3.8, 4) is 5.75 Å². The van der Waals surface area contributed by atoms with Gasteiger partial charge in [0.1, 0.15) is 23.7 Å². The zero-order valence-electron chi connectivity index (χ0n) is 16.9. The molecule has 6 nitrogen and oxygen atoms in total. The van der Waals surface area contributed by atoms with Gasteiger partial charge in [-0.2, -0.15) is 5.10 Å². The Morgan fingerprint density at radius 3 is 2.63 bits per heavy atom. The first-order valence-electron chi connectivity index (χ1n) is 9.65. The van der Waals surface area contributed by atoms with Crippen LogP contribution in [0.3, 0.4) is 0 Å². The van der Waals surface area contributed by atoms with Crippen LogP contribution in [0.5, 0.6) is 5.75 Å². The van der Waals surface area contributed by atoms with Gasteiger partial charge in [0.15, 0.2) is 0 Å². The van der Waals surface area contributed by atoms with Crippen LogP contribution in [-0.4, -0.2) is 21.5 Å². The van der Waals surface area contributed by atoms with Crippen LogP contribution in [0.25, 0.3) is 5.65 Å². The van der Waals surface area contributed by atoms with Crippen molar-refractivity contribution in [1.29, 1.82) is 0 Å². The maximum Gasteiger partial charge on any atom is 0.290 e. The van der Waals surface area contributed by atoms with E-state index >= 15 is 0 Å². The van der Waals surface area contributed by atoms with Gasteiger partial charge in [0, 0.05) is 6.20 Å². The molecule has 4 rings (SSSR count). The van der Waals surface area contributed by atoms with Gasteiger partial charge in [-0.1, -0.05) is 30.3 Å². The summed E-state index contributed by atoms with van der Waals surface area (Å²) in [6, 6.07) is 21.4. The van der Waals surface area contributed by atoms with Gasteiger partial charge in [-0.05, 0) is 66.9 Å². The number of rotatable bonds is 6. The summed E-state index contributed by atoms with van der Waals surface area (Å²) in [7, 11) is 0. The summed E-state index contributed by atoms with van der Waals surface area (Å²) in [5, 5.41) is 4.08. The highest BCUT2D eigenvalue weighted by molar-refractivity contribution is 5.95. The first kappa shape index (κ1) is 19.4. The Labute approximate surface area is 174 Å². The van der Waals surface area contributed by atoms with E-state index in [1.54, 1.807) is 10.6 Å². The summed E-state index contributed by atoms with van der Waals surface area (Å²) >= 11 is 0. The van der Waals surface area contributed by atoms with E-state index in [2.05, 4.69) is 15.5 Å². The molecular formula is C24H22N4O2. The van der Waals surface area contributed by atoms with E-state index < -0.39 is 0 Å². The molecule has 0 saturated carbocycles. The van der Waals surface area contributed by atoms with Gasteiger partial charge in [0.05, 0.1) is 11.9 Å². The lowest BCUT2D eigenvalue weighted by atomic mass is 10.2. The quantitative estimate of drug-likeness (QED) is 0.389. The molecule has 0 fully saturated rings. The standard InChI is InChI=1S/C24H22N4O2/c1-17-12-13-28-22(14-17)26-18(2)23(28)24(29)27-25-15-19-8-10-21(11-9-19)30-16-20-6-4-3-5-7-20/h3-15H,16H2,1-2H3,(H,27,29)/b25-15+. The first-order chi connectivity index (χ1) is 14.6. The van der Waals surface area contributed by atoms with Crippen LogP contribution >= 0.6 is 0 Å². The number of benzene rings is 2. The van der Waals surface area contributed by atoms with Crippen LogP contribution < -0.4 is 10.2 Å². The third kappa shape index (κ3) is 4.38. The summed E-state index contributed by atoms with van der Waals surface area (Å²) < 4.78 is 7.55. The summed E-state index contributed by atoms with van der Waals surface area (Å²) in [5.41, 5.74) is 7.52. The molecule has 0 saturated heterocycles. The van der Waals surface area contributed by atoms with Crippen molar-refractivity contribution in [3.63, 3.8) is 0 Å². The number of aromatic nitrogens is 2. The minimum absolute atomic E-state index is 0.303. The number of hydrazone groups is 1. The van der Waals surface area contributed by atoms with Crippen molar-refractivity contribution in [1.82, 2.24) is 14.8 Å². The first-order valence-corrected chi connectivity index (χ1v) is 9.65. The van der Waals surface area contributed by atoms with Crippen LogP contribution in [0, 0.1) is 13.8 Å². The topological polar surface area (TPSA) is 68.0 Å². The molecule has 2 aromatic carbocycles. The van der Waals surface area contributed by atoms with Gasteiger partial charge in [0.2, 0.25) is 0 Å². The number of ether oxygens (including phenoxy) is 1. The number of imidazole rings is 1. The molecule has 0 unspecified atom stereocenters. The number of hydrogen-bond acceptors (Lipinski definition) is 4. The molecule has 0 aliphatic heterocycles. The second kappa shape index (κ2) is 8.61. The Morgan fingerprint density at radius 1 is 1.10 bits per heavy atom. The molecule has 1 amide bonds. The van der Waals surface area contributed by atoms with E-state index in [0.717, 1.165) is 28.1 Å². The Bertz CT molecular complexity index is 1200. The third-order valence-corrected chi connectivity index (χ3v) is 4.68. The number of hydrogen-bond donors (Lipinski definition) is 1. The number of nitrogens with one attached hydrogen (secondary N) is 1. The highest BCUT2D eigenvalue weighted by atomic mass is 16.5. The molecule has 2 aromatic heterocycles. The molecule has 0 spiro atoms. The second-order valence-electron chi connectivity index (χ2n) is 7.02. The summed E-state index contributed by atoms with van der Waals surface area (Å²) in [4.78, 5) is 17.0. The van der Waals surface area contributed by atoms with Crippen LogP contribution in [-0.2, 0) is 6.61 Å². The highest BCUT2D eigenvalue weighted by Crippen LogP contribution is 2.15. The van der Waals surface area contributed by atoms with Crippen molar-refractivity contribution < 1.29 is 9.53 Å². The Hall–Kier alpha value is -3.93. The van der Waals surface area contributed by atoms with Gasteiger partial charge in [-0.3, -0.25) is 9.20 Å². The van der Waals surface area contributed by atoms with Crippen molar-refractivity contribution in [2.24, 2.45) is 5.10 Å². The number of nitrogens with zero attached hydrogens (tertiary/aromatic N) is 3. The molecule has 1 N–H and O–H groups in total. The van der Waals surface area contributed by atoms with Crippen molar-refractivity contribution in [2.45, 2.75) is 20.5 Å². The maximum absolute atomic E-state index is 12.6. The Balaban J connectivity index is 1.37. The van der Waals surface area contributed by atoms with E-state index in [1.807, 2.05) is 86.8 Å². The van der Waals surface area contributed by atoms with Gasteiger partial charge >= 0.3 is 0 Å². The second-order valence-corrected chi connectivity index (χ2v) is 7.02. The summed E-state index contributed by atoms with van der Waals surface area (Å²) in [6.45, 7) is 4.32. The minimum atomic E-state index is -0.303. The molecule has 150 valence electrons. The molecule has 6 heteroatoms. The number of fused-ring (bicyclic) bond motifs is 1. The van der Waals surface area contributed by atoms with Gasteiger partial charge in [0.25, 0.3) is 5.91 Å². The fourth-order valence-electron chi connectivity index (χ4n) is 3.15. The van der Waals surface area contributed by atoms with Crippen molar-refractivity contribution in [3.05, 3.63) is 101 Å². The molecule has 2 heterocycles. The molecule has 0 atom stereocenters. The molecule has 0 radical (unpaired) electrons. The molecule has 0 aliphatic carbocycles. The van der Waals surface area contributed by atoms with E-state index in [0.29, 0.717) is 18.0 Å². The van der Waals surface area contributed by atoms with Crippen molar-refractivity contribution >= 4 is 17.8 Å². The maximum atomic E-state index is 12.6. The predicted molar refractivity (Wildman–Crippen MR) is 117 cm³/mol. The lowest BCUT2D eigenvalue weighted by molar-refractivity contribution is 0.0948. The molecule has 0 bridgehead atoms. The van der Waals surface area contributed by atoms with E-state index in [4.69, 9.17) is 4.74 Å². The number of aryl methyl sites for hydroxylation is 2. The normalized spacial score (nSPS) is 11.1. The van der Waals surface area contributed by atoms with Gasteiger partial charge in [-0.25, -0.2) is 10.4 Å². The van der Waals surface area contributed by atoms with E-state index in [-0.39, 0.29) is 5.91 Å². The highest BCUT2D eigenvalue weighted by Gasteiger charge is 2.15. The summed E-state index contributed by atoms with van der Waals surface area (Å²) in [6.07, 6.45) is 3.44. The third-order valence-electron chi connectivity index (χ3n) is 4.68. The monoisotopic (exact) mass is 398 g/mol. The van der Waals surface area contributed by atoms with Crippen LogP contribution in [0.2, 0.25) is 0 Å². The zero-order chi connectivity index (χ0) is 20.9. The molecule has 30 heavy (non-hydrogen) atoms. The zero-order valence-corrected chi connectivity index (χ0v) is 16.9. The lowest BCUT2D eigenvalue weighted by Crippen LogP contribution is -2.20. The number of carbonyl (C=O) groups is 1. The van der Waals surface area contributed by atoms with Gasteiger partial charge < -0.3 is 4.74 Å². The molecular weight excluding hydrogens is 376 g/mol. The lowest BCUT2D eigenvalue weighted by Gasteiger charge is -2.06. The van der Waals surface area contributed by atoms with Crippen LogP contribution in [0.4, 0.5) is 0 Å². The largest absolute Gasteiger partial charge is 0.489 e. The van der Waals surface area contributed by atoms with Gasteiger partial charge in [-0.15, -0.1) is 0 Å². The minimum Gasteiger partial charge on any atom is -0.489 e. The fourth-order valence-corrected chi connectivity index (χ4v) is 3.15. The average Bonchev–Trinajstić information content (AvgIpc) is 3.08. The number of carbonyl (C=O) groups excluding carboxylic acids is 1. The average molecular weight is 398 g/mol. The molecule has 4 aromatic rings. The fraction of sp³-hybridized carbons (Fsp3) is 0.125. The van der Waals surface area contributed by atoms with E-state index in [9.17, 15) is 4.79 Å². The number of amides is 1. The van der Waals surface area contributed by atoms with Crippen LogP contribution in [0.1, 0.15) is 32.9 Å².